The van der Waals surface area contributed by atoms with Gasteiger partial charge in [-0.2, -0.15) is 0 Å². The molecule has 16 heavy (non-hydrogen) atoms. The lowest BCUT2D eigenvalue weighted by molar-refractivity contribution is 0.583. The van der Waals surface area contributed by atoms with Crippen molar-refractivity contribution in [1.82, 2.24) is 14.4 Å². The number of benzene rings is 1. The summed E-state index contributed by atoms with van der Waals surface area (Å²) in [5.41, 5.74) is 1.34. The molecule has 0 bridgehead atoms. The number of hydrogen-bond acceptors (Lipinski definition) is 4. The van der Waals surface area contributed by atoms with Crippen molar-refractivity contribution in [1.29, 1.82) is 0 Å². The Hall–Kier alpha value is -1.21. The van der Waals surface area contributed by atoms with Crippen molar-refractivity contribution in [3.63, 3.8) is 0 Å². The van der Waals surface area contributed by atoms with E-state index in [0.717, 1.165) is 20.4 Å². The molecular formula is C9H8BrN3O2S. The lowest BCUT2D eigenvalue weighted by Gasteiger charge is -1.95. The Balaban J connectivity index is 2.43. The highest BCUT2D eigenvalue weighted by atomic mass is 79.9. The Morgan fingerprint density at radius 3 is 2.38 bits per heavy atom. The van der Waals surface area contributed by atoms with Crippen molar-refractivity contribution in [2.75, 3.05) is 6.26 Å². The molecule has 1 aromatic carbocycles. The minimum Gasteiger partial charge on any atom is -0.205 e. The second kappa shape index (κ2) is 3.99. The fourth-order valence-electron chi connectivity index (χ4n) is 1.16. The molecule has 7 heteroatoms. The second-order valence-corrected chi connectivity index (χ2v) is 6.00. The lowest BCUT2D eigenvalue weighted by Crippen LogP contribution is -2.10. The van der Waals surface area contributed by atoms with Gasteiger partial charge < -0.3 is 0 Å². The van der Waals surface area contributed by atoms with Crippen molar-refractivity contribution in [3.05, 3.63) is 34.9 Å². The van der Waals surface area contributed by atoms with Crippen molar-refractivity contribution < 1.29 is 8.42 Å². The molecule has 2 aromatic rings. The highest BCUT2D eigenvalue weighted by Crippen LogP contribution is 2.19. The molecular weight excluding hydrogens is 294 g/mol. The van der Waals surface area contributed by atoms with Crippen LogP contribution < -0.4 is 0 Å². The quantitative estimate of drug-likeness (QED) is 0.843. The van der Waals surface area contributed by atoms with E-state index in [1.165, 1.54) is 6.20 Å². The van der Waals surface area contributed by atoms with Gasteiger partial charge >= 0.3 is 0 Å². The van der Waals surface area contributed by atoms with Crippen LogP contribution in [-0.2, 0) is 10.0 Å². The largest absolute Gasteiger partial charge is 0.252 e. The molecule has 0 radical (unpaired) electrons. The van der Waals surface area contributed by atoms with Gasteiger partial charge in [-0.25, -0.2) is 8.42 Å². The number of nitrogens with zero attached hydrogens (tertiary/aromatic N) is 3. The van der Waals surface area contributed by atoms with Crippen molar-refractivity contribution >= 4 is 26.0 Å². The van der Waals surface area contributed by atoms with Gasteiger partial charge in [-0.15, -0.1) is 9.19 Å². The van der Waals surface area contributed by atoms with Crippen molar-refractivity contribution in [2.24, 2.45) is 0 Å². The third-order valence-corrected chi connectivity index (χ3v) is 3.34. The SMILES string of the molecule is CS(=O)(=O)n1cc(-c2ccc(Br)cc2)nn1. The first-order valence-electron chi connectivity index (χ1n) is 4.35. The topological polar surface area (TPSA) is 64.8 Å². The van der Waals surface area contributed by atoms with E-state index in [0.29, 0.717) is 5.69 Å². The maximum absolute atomic E-state index is 11.2. The van der Waals surface area contributed by atoms with E-state index < -0.39 is 10.0 Å². The average Bonchev–Trinajstić information content (AvgIpc) is 2.67. The molecule has 5 nitrogen and oxygen atoms in total. The van der Waals surface area contributed by atoms with E-state index in [1.807, 2.05) is 24.3 Å². The number of aromatic nitrogens is 3. The van der Waals surface area contributed by atoms with Crippen LogP contribution in [0.1, 0.15) is 0 Å². The van der Waals surface area contributed by atoms with Gasteiger partial charge in [0.2, 0.25) is 0 Å². The Labute approximate surface area is 101 Å². The van der Waals surface area contributed by atoms with Crippen LogP contribution in [0.5, 0.6) is 0 Å². The summed E-state index contributed by atoms with van der Waals surface area (Å²) in [5, 5.41) is 7.35. The number of halogens is 1. The summed E-state index contributed by atoms with van der Waals surface area (Å²) in [6.07, 6.45) is 2.46. The number of rotatable bonds is 2. The van der Waals surface area contributed by atoms with Gasteiger partial charge in [-0.05, 0) is 12.1 Å². The van der Waals surface area contributed by atoms with Crippen LogP contribution in [0.25, 0.3) is 11.3 Å². The van der Waals surface area contributed by atoms with E-state index in [2.05, 4.69) is 26.2 Å². The van der Waals surface area contributed by atoms with Gasteiger partial charge in [-0.1, -0.05) is 33.3 Å². The first-order valence-corrected chi connectivity index (χ1v) is 7.00. The maximum Gasteiger partial charge on any atom is 0.252 e. The minimum absolute atomic E-state index is 0.526. The van der Waals surface area contributed by atoms with Crippen LogP contribution >= 0.6 is 15.9 Å². The summed E-state index contributed by atoms with van der Waals surface area (Å²) in [6.45, 7) is 0. The summed E-state index contributed by atoms with van der Waals surface area (Å²) in [5.74, 6) is 0. The molecule has 84 valence electrons. The van der Waals surface area contributed by atoms with Gasteiger partial charge in [0.25, 0.3) is 10.0 Å². The third kappa shape index (κ3) is 2.30. The average molecular weight is 302 g/mol. The Morgan fingerprint density at radius 1 is 1.25 bits per heavy atom. The molecule has 2 rings (SSSR count). The van der Waals surface area contributed by atoms with E-state index in [9.17, 15) is 8.42 Å². The zero-order chi connectivity index (χ0) is 11.8. The predicted molar refractivity (Wildman–Crippen MR) is 63.4 cm³/mol. The van der Waals surface area contributed by atoms with Gasteiger partial charge in [-0.3, -0.25) is 0 Å². The molecule has 0 aliphatic rings. The smallest absolute Gasteiger partial charge is 0.205 e. The molecule has 0 amide bonds. The van der Waals surface area contributed by atoms with Crippen molar-refractivity contribution in [3.8, 4) is 11.3 Å². The summed E-state index contributed by atoms with van der Waals surface area (Å²) >= 11 is 3.32. The van der Waals surface area contributed by atoms with Crippen LogP contribution in [0.15, 0.2) is 34.9 Å². The Morgan fingerprint density at radius 2 is 1.88 bits per heavy atom. The normalized spacial score (nSPS) is 11.6. The molecule has 0 atom stereocenters. The number of hydrogen-bond donors (Lipinski definition) is 0. The van der Waals surface area contributed by atoms with Gasteiger partial charge in [0.15, 0.2) is 0 Å². The lowest BCUT2D eigenvalue weighted by atomic mass is 10.2. The van der Waals surface area contributed by atoms with Crippen LogP contribution in [0.3, 0.4) is 0 Å². The van der Waals surface area contributed by atoms with Gasteiger partial charge in [0.05, 0.1) is 12.5 Å². The van der Waals surface area contributed by atoms with Crippen LogP contribution in [0.2, 0.25) is 0 Å². The highest BCUT2D eigenvalue weighted by molar-refractivity contribution is 9.10. The molecule has 0 saturated heterocycles. The van der Waals surface area contributed by atoms with Crippen molar-refractivity contribution in [2.45, 2.75) is 0 Å². The van der Waals surface area contributed by atoms with E-state index in [-0.39, 0.29) is 0 Å². The molecule has 1 aromatic heterocycles. The standard InChI is InChI=1S/C9H8BrN3O2S/c1-16(14,15)13-6-9(11-12-13)7-2-4-8(10)5-3-7/h2-6H,1H3. The molecule has 0 saturated carbocycles. The van der Waals surface area contributed by atoms with Gasteiger partial charge in [0.1, 0.15) is 5.69 Å². The predicted octanol–water partition coefficient (Wildman–Crippen LogP) is 1.52. The monoisotopic (exact) mass is 301 g/mol. The van der Waals surface area contributed by atoms with E-state index in [1.54, 1.807) is 0 Å². The van der Waals surface area contributed by atoms with Crippen LogP contribution in [-0.4, -0.2) is 29.1 Å². The summed E-state index contributed by atoms with van der Waals surface area (Å²) < 4.78 is 24.2. The molecule has 0 aliphatic carbocycles. The first kappa shape index (κ1) is 11.3. The highest BCUT2D eigenvalue weighted by Gasteiger charge is 2.10. The summed E-state index contributed by atoms with van der Waals surface area (Å²) in [6, 6.07) is 7.38. The molecule has 0 spiro atoms. The Bertz CT molecular complexity index is 604. The van der Waals surface area contributed by atoms with Gasteiger partial charge in [0, 0.05) is 10.0 Å². The Kier molecular flexibility index (Phi) is 2.81. The second-order valence-electron chi connectivity index (χ2n) is 3.25. The van der Waals surface area contributed by atoms with Crippen LogP contribution in [0, 0.1) is 0 Å². The molecule has 1 heterocycles. The first-order chi connectivity index (χ1) is 7.47. The van der Waals surface area contributed by atoms with Crippen LogP contribution in [0.4, 0.5) is 0 Å². The van der Waals surface area contributed by atoms with E-state index in [4.69, 9.17) is 0 Å². The summed E-state index contributed by atoms with van der Waals surface area (Å²) in [4.78, 5) is 0. The fourth-order valence-corrected chi connectivity index (χ4v) is 1.89. The minimum atomic E-state index is -3.36. The fraction of sp³-hybridized carbons (Fsp3) is 0.111. The van der Waals surface area contributed by atoms with E-state index >= 15 is 0 Å². The third-order valence-electron chi connectivity index (χ3n) is 1.95. The zero-order valence-electron chi connectivity index (χ0n) is 8.33. The molecule has 0 fully saturated rings. The maximum atomic E-state index is 11.2. The molecule has 0 aliphatic heterocycles. The summed E-state index contributed by atoms with van der Waals surface area (Å²) in [7, 11) is -3.36. The zero-order valence-corrected chi connectivity index (χ0v) is 10.7. The molecule has 0 N–H and O–H groups in total. The molecule has 0 unspecified atom stereocenters.